The molecule has 1 aliphatic heterocycles. The van der Waals surface area contributed by atoms with Crippen LogP contribution in [0.1, 0.15) is 27.7 Å². The molecular weight excluding hydrogens is 286 g/mol. The minimum Gasteiger partial charge on any atom is -0.444 e. The van der Waals surface area contributed by atoms with Crippen molar-refractivity contribution in [3.63, 3.8) is 0 Å². The van der Waals surface area contributed by atoms with E-state index in [0.29, 0.717) is 12.2 Å². The highest BCUT2D eigenvalue weighted by Gasteiger charge is 2.37. The Kier molecular flexibility index (Phi) is 6.13. The number of nitrogens with one attached hydrogen (secondary N) is 1. The van der Waals surface area contributed by atoms with Gasteiger partial charge in [-0.25, -0.2) is 4.79 Å². The van der Waals surface area contributed by atoms with Gasteiger partial charge in [-0.05, 0) is 33.3 Å². The van der Waals surface area contributed by atoms with Gasteiger partial charge < -0.3 is 10.5 Å². The van der Waals surface area contributed by atoms with Gasteiger partial charge in [0.2, 0.25) is 5.91 Å². The van der Waals surface area contributed by atoms with Gasteiger partial charge in [-0.1, -0.05) is 12.2 Å². The molecule has 0 aromatic rings. The van der Waals surface area contributed by atoms with Gasteiger partial charge in [0.05, 0.1) is 12.6 Å². The Bertz CT molecular complexity index is 468. The summed E-state index contributed by atoms with van der Waals surface area (Å²) in [7, 11) is 0. The van der Waals surface area contributed by atoms with Crippen molar-refractivity contribution in [3.8, 4) is 0 Å². The molecule has 1 rings (SSSR count). The maximum absolute atomic E-state index is 12.3. The van der Waals surface area contributed by atoms with E-state index in [1.54, 1.807) is 33.8 Å². The molecule has 0 spiro atoms. The Morgan fingerprint density at radius 2 is 2.18 bits per heavy atom. The quantitative estimate of drug-likeness (QED) is 0.451. The zero-order valence-corrected chi connectivity index (χ0v) is 13.6. The van der Waals surface area contributed by atoms with Gasteiger partial charge in [0, 0.05) is 6.54 Å². The van der Waals surface area contributed by atoms with Gasteiger partial charge in [-0.3, -0.25) is 14.5 Å². The van der Waals surface area contributed by atoms with E-state index >= 15 is 0 Å². The summed E-state index contributed by atoms with van der Waals surface area (Å²) in [6.45, 7) is 11.1. The van der Waals surface area contributed by atoms with E-state index in [9.17, 15) is 9.59 Å². The molecule has 124 valence electrons. The number of hydroxylamine groups is 1. The molecule has 0 saturated heterocycles. The molecule has 0 saturated carbocycles. The number of nitrogens with two attached hydrogens (primary N) is 1. The third-order valence-electron chi connectivity index (χ3n) is 2.93. The van der Waals surface area contributed by atoms with Crippen molar-refractivity contribution in [2.24, 2.45) is 5.73 Å². The average Bonchev–Trinajstić information content (AvgIpc) is 2.35. The molecule has 0 radical (unpaired) electrons. The van der Waals surface area contributed by atoms with E-state index in [1.807, 2.05) is 6.08 Å². The second kappa shape index (κ2) is 7.42. The fourth-order valence-electron chi connectivity index (χ4n) is 2.19. The summed E-state index contributed by atoms with van der Waals surface area (Å²) >= 11 is 0. The Hall–Kier alpha value is -1.86. The van der Waals surface area contributed by atoms with Gasteiger partial charge in [0.1, 0.15) is 11.6 Å². The monoisotopic (exact) mass is 311 g/mol. The second-order valence-corrected chi connectivity index (χ2v) is 6.17. The van der Waals surface area contributed by atoms with E-state index in [-0.39, 0.29) is 12.6 Å². The number of rotatable bonds is 5. The third-order valence-corrected chi connectivity index (χ3v) is 2.93. The van der Waals surface area contributed by atoms with Crippen LogP contribution in [-0.4, -0.2) is 47.7 Å². The number of ether oxygens (including phenoxy) is 1. The second-order valence-electron chi connectivity index (χ2n) is 6.17. The lowest BCUT2D eigenvalue weighted by atomic mass is 9.99. The molecule has 0 aromatic heterocycles. The summed E-state index contributed by atoms with van der Waals surface area (Å²) in [6.07, 6.45) is 2.84. The smallest absolute Gasteiger partial charge is 0.411 e. The van der Waals surface area contributed by atoms with E-state index in [0.717, 1.165) is 0 Å². The molecule has 1 aliphatic rings. The SMILES string of the molecule is C=CCON[C@@H]1C=C(C)[C@H](C(N)=O)N(C(=O)OC(C)(C)C)C1. The number of hydrogen-bond acceptors (Lipinski definition) is 5. The topological polar surface area (TPSA) is 93.9 Å². The molecule has 1 heterocycles. The molecular formula is C15H25N3O4. The molecule has 2 atom stereocenters. The van der Waals surface area contributed by atoms with Crippen LogP contribution < -0.4 is 11.2 Å². The lowest BCUT2D eigenvalue weighted by Gasteiger charge is -2.37. The summed E-state index contributed by atoms with van der Waals surface area (Å²) in [5.41, 5.74) is 8.25. The zero-order valence-electron chi connectivity index (χ0n) is 13.6. The van der Waals surface area contributed by atoms with Crippen LogP contribution >= 0.6 is 0 Å². The standard InChI is InChI=1S/C15H25N3O4/c1-6-7-21-17-11-8-10(2)12(13(16)19)18(9-11)14(20)22-15(3,4)5/h6,8,11-12,17H,1,7,9H2,2-5H3,(H2,16,19)/t11-,12-/m1/s1. The first-order valence-electron chi connectivity index (χ1n) is 7.11. The molecule has 0 aromatic carbocycles. The molecule has 7 nitrogen and oxygen atoms in total. The number of amides is 2. The predicted octanol–water partition coefficient (Wildman–Crippen LogP) is 1.11. The predicted molar refractivity (Wildman–Crippen MR) is 82.8 cm³/mol. The first-order valence-corrected chi connectivity index (χ1v) is 7.11. The van der Waals surface area contributed by atoms with E-state index < -0.39 is 23.6 Å². The molecule has 22 heavy (non-hydrogen) atoms. The molecule has 0 fully saturated rings. The first-order chi connectivity index (χ1) is 10.2. The van der Waals surface area contributed by atoms with E-state index in [1.165, 1.54) is 4.90 Å². The van der Waals surface area contributed by atoms with E-state index in [2.05, 4.69) is 12.1 Å². The van der Waals surface area contributed by atoms with E-state index in [4.69, 9.17) is 15.3 Å². The fraction of sp³-hybridized carbons (Fsp3) is 0.600. The van der Waals surface area contributed by atoms with Crippen LogP contribution in [0, 0.1) is 0 Å². The number of carbonyl (C=O) groups is 2. The molecule has 0 unspecified atom stereocenters. The minimum absolute atomic E-state index is 0.219. The maximum atomic E-state index is 12.3. The summed E-state index contributed by atoms with van der Waals surface area (Å²) in [4.78, 5) is 30.5. The molecule has 0 aliphatic carbocycles. The summed E-state index contributed by atoms with van der Waals surface area (Å²) in [5.74, 6) is -0.593. The first kappa shape index (κ1) is 18.2. The van der Waals surface area contributed by atoms with Crippen LogP contribution in [0.3, 0.4) is 0 Å². The fourth-order valence-corrected chi connectivity index (χ4v) is 2.19. The summed E-state index contributed by atoms with van der Waals surface area (Å²) in [5, 5.41) is 0. The highest BCUT2D eigenvalue weighted by molar-refractivity contribution is 5.87. The van der Waals surface area contributed by atoms with Crippen molar-refractivity contribution < 1.29 is 19.2 Å². The molecule has 7 heteroatoms. The van der Waals surface area contributed by atoms with Crippen LogP contribution in [0.4, 0.5) is 4.79 Å². The highest BCUT2D eigenvalue weighted by Crippen LogP contribution is 2.21. The Balaban J connectivity index is 2.91. The van der Waals surface area contributed by atoms with Crippen molar-refractivity contribution in [1.82, 2.24) is 10.4 Å². The van der Waals surface area contributed by atoms with Gasteiger partial charge in [-0.2, -0.15) is 5.48 Å². The summed E-state index contributed by atoms with van der Waals surface area (Å²) < 4.78 is 5.35. The van der Waals surface area contributed by atoms with Crippen molar-refractivity contribution in [2.45, 2.75) is 45.4 Å². The largest absolute Gasteiger partial charge is 0.444 e. The lowest BCUT2D eigenvalue weighted by molar-refractivity contribution is -0.122. The van der Waals surface area contributed by atoms with Crippen molar-refractivity contribution in [1.29, 1.82) is 0 Å². The normalized spacial score (nSPS) is 22.0. The Morgan fingerprint density at radius 3 is 2.68 bits per heavy atom. The average molecular weight is 311 g/mol. The third kappa shape index (κ3) is 5.16. The van der Waals surface area contributed by atoms with Crippen LogP contribution in [0.2, 0.25) is 0 Å². The molecule has 2 amide bonds. The highest BCUT2D eigenvalue weighted by atomic mass is 16.6. The number of carbonyl (C=O) groups excluding carboxylic acids is 2. The van der Waals surface area contributed by atoms with Gasteiger partial charge in [0.15, 0.2) is 0 Å². The minimum atomic E-state index is -0.813. The number of primary amides is 1. The van der Waals surface area contributed by atoms with Gasteiger partial charge in [0.25, 0.3) is 0 Å². The van der Waals surface area contributed by atoms with Crippen LogP contribution in [0.25, 0.3) is 0 Å². The summed E-state index contributed by atoms with van der Waals surface area (Å²) in [6, 6.07) is -1.07. The Labute approximate surface area is 131 Å². The Morgan fingerprint density at radius 1 is 1.55 bits per heavy atom. The number of hydrogen-bond donors (Lipinski definition) is 2. The van der Waals surface area contributed by atoms with Crippen molar-refractivity contribution >= 4 is 12.0 Å². The van der Waals surface area contributed by atoms with Gasteiger partial charge in [-0.15, -0.1) is 6.58 Å². The van der Waals surface area contributed by atoms with Crippen LogP contribution in [-0.2, 0) is 14.4 Å². The molecule has 0 bridgehead atoms. The van der Waals surface area contributed by atoms with Crippen molar-refractivity contribution in [2.75, 3.05) is 13.2 Å². The van der Waals surface area contributed by atoms with Crippen LogP contribution in [0.5, 0.6) is 0 Å². The number of nitrogens with zero attached hydrogens (tertiary/aromatic N) is 1. The van der Waals surface area contributed by atoms with Gasteiger partial charge >= 0.3 is 6.09 Å². The van der Waals surface area contributed by atoms with Crippen molar-refractivity contribution in [3.05, 3.63) is 24.3 Å². The molecule has 3 N–H and O–H groups in total. The van der Waals surface area contributed by atoms with Crippen LogP contribution in [0.15, 0.2) is 24.3 Å². The lowest BCUT2D eigenvalue weighted by Crippen LogP contribution is -2.57. The maximum Gasteiger partial charge on any atom is 0.411 e. The zero-order chi connectivity index (χ0) is 16.9.